The zero-order valence-corrected chi connectivity index (χ0v) is 35.7. The fourth-order valence-corrected chi connectivity index (χ4v) is 6.01. The first-order valence-electron chi connectivity index (χ1n) is 22.3. The number of carbonyl (C=O) groups excluding carboxylic acids is 4. The van der Waals surface area contributed by atoms with Crippen LogP contribution in [0.15, 0.2) is 48.5 Å². The van der Waals surface area contributed by atoms with Crippen molar-refractivity contribution in [3.63, 3.8) is 0 Å². The first-order chi connectivity index (χ1) is 27.4. The number of benzene rings is 2. The Hall–Kier alpha value is -3.68. The third-order valence-corrected chi connectivity index (χ3v) is 9.64. The molecule has 0 heterocycles. The molecule has 8 heteroatoms. The molecule has 0 N–H and O–H groups in total. The number of carbonyl (C=O) groups is 4. The van der Waals surface area contributed by atoms with Crippen molar-refractivity contribution in [1.82, 2.24) is 0 Å². The Kier molecular flexibility index (Phi) is 32.1. The van der Waals surface area contributed by atoms with Crippen LogP contribution in [-0.4, -0.2) is 50.3 Å². The van der Waals surface area contributed by atoms with Crippen molar-refractivity contribution in [1.29, 1.82) is 0 Å². The second kappa shape index (κ2) is 35.7. The highest BCUT2D eigenvalue weighted by Crippen LogP contribution is 2.13. The summed E-state index contributed by atoms with van der Waals surface area (Å²) in [6.45, 7) is 10.6. The third kappa shape index (κ3) is 26.2. The van der Waals surface area contributed by atoms with Crippen LogP contribution in [-0.2, 0) is 18.9 Å². The van der Waals surface area contributed by atoms with Crippen LogP contribution < -0.4 is 0 Å². The molecule has 0 spiro atoms. The van der Waals surface area contributed by atoms with Crippen molar-refractivity contribution in [3.05, 3.63) is 70.8 Å². The van der Waals surface area contributed by atoms with Crippen LogP contribution in [0.5, 0.6) is 0 Å². The van der Waals surface area contributed by atoms with E-state index in [9.17, 15) is 19.2 Å². The number of rotatable bonds is 32. The molecule has 0 aliphatic rings. The quantitative estimate of drug-likeness (QED) is 0.0410. The second-order valence-electron chi connectivity index (χ2n) is 14.8. The van der Waals surface area contributed by atoms with Gasteiger partial charge in [0.2, 0.25) is 0 Å². The van der Waals surface area contributed by atoms with Gasteiger partial charge in [-0.25, -0.2) is 19.2 Å². The minimum Gasteiger partial charge on any atom is -0.462 e. The zero-order chi connectivity index (χ0) is 40.9. The van der Waals surface area contributed by atoms with E-state index >= 15 is 0 Å². The van der Waals surface area contributed by atoms with E-state index in [1.54, 1.807) is 48.5 Å². The summed E-state index contributed by atoms with van der Waals surface area (Å²) in [5.74, 6) is -1.33. The van der Waals surface area contributed by atoms with Gasteiger partial charge in [0, 0.05) is 0 Å². The van der Waals surface area contributed by atoms with Gasteiger partial charge in [0.15, 0.2) is 0 Å². The molecule has 0 amide bonds. The average Bonchev–Trinajstić information content (AvgIpc) is 3.22. The number of hydrogen-bond donors (Lipinski definition) is 0. The summed E-state index contributed by atoms with van der Waals surface area (Å²) in [6, 6.07) is 13.0. The first kappa shape index (κ1) is 50.3. The lowest BCUT2D eigenvalue weighted by Crippen LogP contribution is -2.09. The normalized spacial score (nSPS) is 10.6. The van der Waals surface area contributed by atoms with Crippen molar-refractivity contribution < 1.29 is 38.1 Å². The molecule has 2 aromatic rings. The minimum absolute atomic E-state index is 0.333. The van der Waals surface area contributed by atoms with Crippen LogP contribution in [0, 0.1) is 0 Å². The predicted octanol–water partition coefficient (Wildman–Crippen LogP) is 13.4. The molecule has 2 rings (SSSR count). The van der Waals surface area contributed by atoms with E-state index in [4.69, 9.17) is 18.9 Å². The summed E-state index contributed by atoms with van der Waals surface area (Å²) in [6.07, 6.45) is 27.8. The van der Waals surface area contributed by atoms with Crippen molar-refractivity contribution >= 4 is 23.9 Å². The Morgan fingerprint density at radius 2 is 0.446 bits per heavy atom. The molecular weight excluding hydrogens is 705 g/mol. The zero-order valence-electron chi connectivity index (χ0n) is 35.7. The van der Waals surface area contributed by atoms with Crippen LogP contribution in [0.3, 0.4) is 0 Å². The molecule has 0 saturated carbocycles. The maximum absolute atomic E-state index is 12.0. The van der Waals surface area contributed by atoms with E-state index in [1.165, 1.54) is 103 Å². The Balaban J connectivity index is 0.000000560. The van der Waals surface area contributed by atoms with Crippen molar-refractivity contribution in [2.45, 2.75) is 182 Å². The molecule has 0 aromatic heterocycles. The van der Waals surface area contributed by atoms with Gasteiger partial charge in [-0.2, -0.15) is 0 Å². The fourth-order valence-electron chi connectivity index (χ4n) is 6.01. The monoisotopic (exact) mass is 781 g/mol. The summed E-state index contributed by atoms with van der Waals surface area (Å²) >= 11 is 0. The van der Waals surface area contributed by atoms with Gasteiger partial charge < -0.3 is 18.9 Å². The summed E-state index contributed by atoms with van der Waals surface area (Å²) in [5.41, 5.74) is 1.88. The Morgan fingerprint density at radius 1 is 0.286 bits per heavy atom. The lowest BCUT2D eigenvalue weighted by Gasteiger charge is -2.07. The highest BCUT2D eigenvalue weighted by atomic mass is 16.5. The molecule has 8 nitrogen and oxygen atoms in total. The maximum Gasteiger partial charge on any atom is 0.338 e. The summed E-state index contributed by atoms with van der Waals surface area (Å²) in [7, 11) is 0. The van der Waals surface area contributed by atoms with E-state index in [2.05, 4.69) is 27.7 Å². The molecule has 0 fully saturated rings. The number of ether oxygens (including phenoxy) is 4. The van der Waals surface area contributed by atoms with E-state index in [0.717, 1.165) is 51.4 Å². The minimum atomic E-state index is -0.333. The van der Waals surface area contributed by atoms with Gasteiger partial charge >= 0.3 is 23.9 Å². The molecule has 316 valence electrons. The van der Waals surface area contributed by atoms with Gasteiger partial charge in [-0.05, 0) is 74.2 Å². The van der Waals surface area contributed by atoms with Gasteiger partial charge in [0.1, 0.15) is 0 Å². The number of hydrogen-bond acceptors (Lipinski definition) is 8. The fraction of sp³-hybridized carbons (Fsp3) is 0.667. The van der Waals surface area contributed by atoms with Gasteiger partial charge in [-0.1, -0.05) is 156 Å². The highest BCUT2D eigenvalue weighted by molar-refractivity contribution is 5.94. The van der Waals surface area contributed by atoms with Crippen molar-refractivity contribution in [2.75, 3.05) is 26.4 Å². The second-order valence-corrected chi connectivity index (χ2v) is 14.8. The smallest absolute Gasteiger partial charge is 0.338 e. The first-order valence-corrected chi connectivity index (χ1v) is 22.3. The van der Waals surface area contributed by atoms with E-state index in [0.29, 0.717) is 48.7 Å². The Morgan fingerprint density at radius 3 is 0.625 bits per heavy atom. The molecular formula is C48H76O8. The van der Waals surface area contributed by atoms with Crippen molar-refractivity contribution in [2.24, 2.45) is 0 Å². The molecule has 0 saturated heterocycles. The Labute approximate surface area is 340 Å². The van der Waals surface area contributed by atoms with Gasteiger partial charge in [-0.15, -0.1) is 0 Å². The van der Waals surface area contributed by atoms with Crippen LogP contribution in [0.25, 0.3) is 0 Å². The van der Waals surface area contributed by atoms with E-state index < -0.39 is 0 Å². The lowest BCUT2D eigenvalue weighted by atomic mass is 10.1. The Bertz CT molecular complexity index is 1070. The number of unbranched alkanes of at least 4 members (excludes halogenated alkanes) is 20. The topological polar surface area (TPSA) is 105 Å². The van der Waals surface area contributed by atoms with Crippen LogP contribution in [0.4, 0.5) is 0 Å². The summed E-state index contributed by atoms with van der Waals surface area (Å²) in [4.78, 5) is 48.2. The van der Waals surface area contributed by atoms with Gasteiger partial charge in [-0.3, -0.25) is 0 Å². The molecule has 0 aliphatic heterocycles. The third-order valence-electron chi connectivity index (χ3n) is 9.64. The average molecular weight is 781 g/mol. The van der Waals surface area contributed by atoms with Crippen LogP contribution in [0.2, 0.25) is 0 Å². The molecule has 0 bridgehead atoms. The summed E-state index contributed by atoms with van der Waals surface area (Å²) in [5, 5.41) is 0. The van der Waals surface area contributed by atoms with Gasteiger partial charge in [0.25, 0.3) is 0 Å². The molecule has 0 aliphatic carbocycles. The van der Waals surface area contributed by atoms with Crippen LogP contribution >= 0.6 is 0 Å². The predicted molar refractivity (Wildman–Crippen MR) is 228 cm³/mol. The SMILES string of the molecule is CCCCCCCCOC(=O)c1ccc(C(=O)OCCCCCCCC)cc1.CCCCCCCCOC(=O)c1ccc(C(=O)OCCCCCCCC)cc1. The maximum atomic E-state index is 12.0. The van der Waals surface area contributed by atoms with Crippen LogP contribution in [0.1, 0.15) is 223 Å². The van der Waals surface area contributed by atoms with E-state index in [-0.39, 0.29) is 23.9 Å². The standard InChI is InChI=1S/2C24H38O4/c2*1-3-5-7-9-11-13-19-27-23(25)21-15-17-22(18-16-21)24(26)28-20-14-12-10-8-6-4-2/h2*15-18H,3-14,19-20H2,1-2H3. The largest absolute Gasteiger partial charge is 0.462 e. The van der Waals surface area contributed by atoms with Crippen molar-refractivity contribution in [3.8, 4) is 0 Å². The molecule has 2 aromatic carbocycles. The highest BCUT2D eigenvalue weighted by Gasteiger charge is 2.12. The summed E-state index contributed by atoms with van der Waals surface area (Å²) < 4.78 is 21.2. The molecule has 0 atom stereocenters. The number of esters is 4. The lowest BCUT2D eigenvalue weighted by molar-refractivity contribution is 0.0483. The van der Waals surface area contributed by atoms with Gasteiger partial charge in [0.05, 0.1) is 48.7 Å². The van der Waals surface area contributed by atoms with E-state index in [1.807, 2.05) is 0 Å². The molecule has 0 radical (unpaired) electrons. The molecule has 0 unspecified atom stereocenters. The molecule has 56 heavy (non-hydrogen) atoms.